The zero-order chi connectivity index (χ0) is 36.2. The van der Waals surface area contributed by atoms with Crippen molar-refractivity contribution in [2.24, 2.45) is 0 Å². The fourth-order valence-electron chi connectivity index (χ4n) is 5.93. The van der Waals surface area contributed by atoms with E-state index in [0.717, 1.165) is 12.3 Å². The number of benzene rings is 1. The van der Waals surface area contributed by atoms with Gasteiger partial charge in [0.25, 0.3) is 8.32 Å². The van der Waals surface area contributed by atoms with Crippen LogP contribution in [-0.4, -0.2) is 89.4 Å². The molecule has 2 heterocycles. The third kappa shape index (κ3) is 9.41. The Hall–Kier alpha value is -2.89. The van der Waals surface area contributed by atoms with Crippen molar-refractivity contribution in [3.05, 3.63) is 24.1 Å². The lowest BCUT2D eigenvalue weighted by Crippen LogP contribution is -2.50. The summed E-state index contributed by atoms with van der Waals surface area (Å²) >= 11 is 0. The fraction of sp³-hybridized carbons (Fsp3) is 0.677. The maximum absolute atomic E-state index is 15.2. The van der Waals surface area contributed by atoms with Crippen LogP contribution in [0.3, 0.4) is 0 Å². The van der Waals surface area contributed by atoms with E-state index in [2.05, 4.69) is 9.17 Å². The number of fused-ring (bicyclic) bond motifs is 1. The van der Waals surface area contributed by atoms with Crippen LogP contribution in [0.2, 0.25) is 16.6 Å². The second kappa shape index (κ2) is 15.3. The van der Waals surface area contributed by atoms with Gasteiger partial charge in [0.1, 0.15) is 18.0 Å². The third-order valence-corrected chi connectivity index (χ3v) is 14.8. The number of ether oxygens (including phenoxy) is 4. The SMILES string of the molecule is CC(C)[Si](Oc1cc(OS(=O)(=O)C(F)(F)F)c2c(OCCO[C@@H]3COCCN(C(=O)OC(C)(C)C)C3)c(F)cnc2c1)(C(C)C)C(C)C. The number of aromatic nitrogens is 1. The van der Waals surface area contributed by atoms with Crippen molar-refractivity contribution in [2.45, 2.75) is 96.2 Å². The molecule has 11 nitrogen and oxygen atoms in total. The van der Waals surface area contributed by atoms with E-state index in [1.165, 1.54) is 11.0 Å². The van der Waals surface area contributed by atoms with E-state index in [1.54, 1.807) is 20.8 Å². The van der Waals surface area contributed by atoms with Gasteiger partial charge in [-0.15, -0.1) is 0 Å². The number of carbonyl (C=O) groups is 1. The van der Waals surface area contributed by atoms with E-state index in [4.69, 9.17) is 23.4 Å². The number of amides is 1. The smallest absolute Gasteiger partial charge is 0.534 e. The maximum atomic E-state index is 15.2. The van der Waals surface area contributed by atoms with Gasteiger partial charge in [-0.1, -0.05) is 41.5 Å². The first kappa shape index (κ1) is 39.5. The highest BCUT2D eigenvalue weighted by molar-refractivity contribution is 7.88. The molecule has 3 rings (SSSR count). The summed E-state index contributed by atoms with van der Waals surface area (Å²) in [5.74, 6) is -2.48. The fourth-order valence-corrected chi connectivity index (χ4v) is 11.6. The van der Waals surface area contributed by atoms with E-state index in [-0.39, 0.29) is 67.4 Å². The molecule has 1 saturated heterocycles. The molecular formula is C31H46F4N2O9SSi. The predicted octanol–water partition coefficient (Wildman–Crippen LogP) is 7.19. The highest BCUT2D eigenvalue weighted by atomic mass is 32.2. The summed E-state index contributed by atoms with van der Waals surface area (Å²) in [4.78, 5) is 18.0. The molecule has 0 unspecified atom stereocenters. The van der Waals surface area contributed by atoms with Crippen LogP contribution in [0.4, 0.5) is 22.4 Å². The minimum Gasteiger partial charge on any atom is -0.543 e. The van der Waals surface area contributed by atoms with Crippen LogP contribution in [0.15, 0.2) is 18.3 Å². The maximum Gasteiger partial charge on any atom is 0.534 e. The van der Waals surface area contributed by atoms with Gasteiger partial charge in [0, 0.05) is 18.7 Å². The summed E-state index contributed by atoms with van der Waals surface area (Å²) in [6.45, 7) is 17.6. The Balaban J connectivity index is 1.94. The van der Waals surface area contributed by atoms with Gasteiger partial charge >= 0.3 is 21.7 Å². The molecule has 0 N–H and O–H groups in total. The number of nitrogens with zero attached hydrogens (tertiary/aromatic N) is 2. The first-order chi connectivity index (χ1) is 22.1. The lowest BCUT2D eigenvalue weighted by Gasteiger charge is -2.42. The molecule has 1 aliphatic heterocycles. The van der Waals surface area contributed by atoms with Crippen molar-refractivity contribution < 1.29 is 58.3 Å². The Morgan fingerprint density at radius 2 is 1.69 bits per heavy atom. The highest BCUT2D eigenvalue weighted by Crippen LogP contribution is 2.46. The molecule has 272 valence electrons. The molecule has 0 aliphatic carbocycles. The van der Waals surface area contributed by atoms with Gasteiger partial charge in [0.05, 0.1) is 49.6 Å². The summed E-state index contributed by atoms with van der Waals surface area (Å²) in [5, 5.41) is -0.435. The van der Waals surface area contributed by atoms with Crippen LogP contribution in [0.25, 0.3) is 10.9 Å². The highest BCUT2D eigenvalue weighted by Gasteiger charge is 2.50. The summed E-state index contributed by atoms with van der Waals surface area (Å²) in [7, 11) is -8.87. The number of rotatable bonds is 12. The molecule has 1 amide bonds. The lowest BCUT2D eigenvalue weighted by molar-refractivity contribution is -0.0499. The number of halogens is 4. The summed E-state index contributed by atoms with van der Waals surface area (Å²) in [6, 6.07) is 2.40. The zero-order valence-electron chi connectivity index (χ0n) is 28.8. The number of carbonyl (C=O) groups excluding carboxylic acids is 1. The van der Waals surface area contributed by atoms with Crippen LogP contribution < -0.4 is 13.3 Å². The van der Waals surface area contributed by atoms with E-state index >= 15 is 4.39 Å². The van der Waals surface area contributed by atoms with Crippen LogP contribution in [0.5, 0.6) is 17.2 Å². The van der Waals surface area contributed by atoms with Crippen LogP contribution in [0.1, 0.15) is 62.3 Å². The van der Waals surface area contributed by atoms with Gasteiger partial charge in [-0.2, -0.15) is 21.6 Å². The molecule has 1 aliphatic rings. The van der Waals surface area contributed by atoms with E-state index in [1.807, 2.05) is 41.5 Å². The second-order valence-corrected chi connectivity index (χ2v) is 20.4. The van der Waals surface area contributed by atoms with Crippen LogP contribution in [0, 0.1) is 5.82 Å². The predicted molar refractivity (Wildman–Crippen MR) is 173 cm³/mol. The Bertz CT molecular complexity index is 1510. The molecule has 0 spiro atoms. The first-order valence-corrected chi connectivity index (χ1v) is 19.3. The van der Waals surface area contributed by atoms with Crippen LogP contribution in [-0.2, 0) is 24.3 Å². The van der Waals surface area contributed by atoms with Crippen molar-refractivity contribution in [1.82, 2.24) is 9.88 Å². The minimum atomic E-state index is -6.18. The van der Waals surface area contributed by atoms with Gasteiger partial charge < -0.3 is 32.5 Å². The summed E-state index contributed by atoms with van der Waals surface area (Å²) < 4.78 is 114. The van der Waals surface area contributed by atoms with Crippen molar-refractivity contribution >= 4 is 35.4 Å². The topological polar surface area (TPSA) is 123 Å². The molecule has 1 aromatic carbocycles. The first-order valence-electron chi connectivity index (χ1n) is 15.7. The second-order valence-electron chi connectivity index (χ2n) is 13.5. The van der Waals surface area contributed by atoms with Crippen molar-refractivity contribution in [1.29, 1.82) is 0 Å². The molecular weight excluding hydrogens is 680 g/mol. The Labute approximate surface area is 280 Å². The third-order valence-electron chi connectivity index (χ3n) is 7.87. The molecule has 0 bridgehead atoms. The molecule has 48 heavy (non-hydrogen) atoms. The number of pyridine rings is 1. The van der Waals surface area contributed by atoms with E-state index < -0.39 is 64.4 Å². The standard InChI is InChI=1S/C31H46F4N2O9SSi/c1-19(2)48(20(3)4,21(5)6)46-22-14-25-27(26(15-22)45-47(39,40)31(33,34)35)28(24(32)16-36-25)43-13-12-42-23-17-37(10-11-41-18-23)29(38)44-30(7,8)9/h14-16,19-21,23H,10-13,17-18H2,1-9H3/t23-/m0/s1. The number of hydrogen-bond donors (Lipinski definition) is 0. The molecule has 1 atom stereocenters. The van der Waals surface area contributed by atoms with Crippen molar-refractivity contribution in [3.63, 3.8) is 0 Å². The average Bonchev–Trinajstić information content (AvgIpc) is 3.18. The van der Waals surface area contributed by atoms with E-state index in [0.29, 0.717) is 0 Å². The summed E-state index contributed by atoms with van der Waals surface area (Å²) in [6.07, 6.45) is -0.325. The molecule has 1 aromatic heterocycles. The van der Waals surface area contributed by atoms with Crippen LogP contribution >= 0.6 is 0 Å². The molecule has 17 heteroatoms. The van der Waals surface area contributed by atoms with Gasteiger partial charge in [-0.3, -0.25) is 4.98 Å². The molecule has 0 radical (unpaired) electrons. The Morgan fingerprint density at radius 3 is 2.25 bits per heavy atom. The zero-order valence-corrected chi connectivity index (χ0v) is 30.6. The Morgan fingerprint density at radius 1 is 1.06 bits per heavy atom. The van der Waals surface area contributed by atoms with Gasteiger partial charge in [0.2, 0.25) is 0 Å². The number of hydrogen-bond acceptors (Lipinski definition) is 10. The lowest BCUT2D eigenvalue weighted by atomic mass is 10.1. The van der Waals surface area contributed by atoms with Gasteiger partial charge in [0.15, 0.2) is 17.3 Å². The number of alkyl halides is 3. The quantitative estimate of drug-likeness (QED) is 0.0731. The van der Waals surface area contributed by atoms with Gasteiger partial charge in [-0.05, 0) is 37.4 Å². The largest absolute Gasteiger partial charge is 0.543 e. The normalized spacial score (nSPS) is 16.8. The van der Waals surface area contributed by atoms with E-state index in [9.17, 15) is 26.4 Å². The van der Waals surface area contributed by atoms with Crippen molar-refractivity contribution in [3.8, 4) is 17.2 Å². The van der Waals surface area contributed by atoms with Gasteiger partial charge in [-0.25, -0.2) is 9.18 Å². The molecule has 1 fully saturated rings. The Kier molecular flexibility index (Phi) is 12.6. The summed E-state index contributed by atoms with van der Waals surface area (Å²) in [5.41, 5.74) is -6.40. The molecule has 0 saturated carbocycles. The average molecular weight is 727 g/mol. The van der Waals surface area contributed by atoms with Crippen molar-refractivity contribution in [2.75, 3.05) is 39.5 Å². The minimum absolute atomic E-state index is 0.0361. The monoisotopic (exact) mass is 726 g/mol. The molecule has 2 aromatic rings.